The molecule has 2 rings (SSSR count). The molecule has 0 aliphatic rings. The molecule has 1 atom stereocenters. The van der Waals surface area contributed by atoms with Crippen molar-refractivity contribution in [2.24, 2.45) is 0 Å². The Morgan fingerprint density at radius 3 is 2.61 bits per heavy atom. The highest BCUT2D eigenvalue weighted by atomic mass is 32.1. The second-order valence-corrected chi connectivity index (χ2v) is 6.06. The Bertz CT molecular complexity index is 474. The summed E-state index contributed by atoms with van der Waals surface area (Å²) in [6.07, 6.45) is 1.06. The zero-order chi connectivity index (χ0) is 13.0. The van der Waals surface area contributed by atoms with Gasteiger partial charge in [-0.25, -0.2) is 0 Å². The predicted octanol–water partition coefficient (Wildman–Crippen LogP) is 4.34. The topological polar surface area (TPSA) is 12.0 Å². The van der Waals surface area contributed by atoms with Crippen LogP contribution in [0.25, 0.3) is 0 Å². The Morgan fingerprint density at radius 1 is 1.17 bits per heavy atom. The first-order chi connectivity index (χ1) is 8.65. The molecule has 1 N–H and O–H groups in total. The van der Waals surface area contributed by atoms with Gasteiger partial charge in [-0.2, -0.15) is 0 Å². The molecule has 0 saturated heterocycles. The van der Waals surface area contributed by atoms with Crippen molar-refractivity contribution in [1.29, 1.82) is 0 Å². The Labute approximate surface area is 114 Å². The summed E-state index contributed by atoms with van der Waals surface area (Å²) in [7, 11) is 0. The standard InChI is InChI=1S/C16H21NS/c1-12(2)17-15(16-8-5-9-18-16)11-14-7-4-6-13(3)10-14/h4-10,12,15,17H,11H2,1-3H3. The zero-order valence-electron chi connectivity index (χ0n) is 11.3. The molecule has 0 fully saturated rings. The molecule has 2 heteroatoms. The lowest BCUT2D eigenvalue weighted by Gasteiger charge is -2.20. The molecule has 1 heterocycles. The summed E-state index contributed by atoms with van der Waals surface area (Å²) in [6.45, 7) is 6.56. The van der Waals surface area contributed by atoms with E-state index >= 15 is 0 Å². The van der Waals surface area contributed by atoms with Gasteiger partial charge in [-0.05, 0) is 30.4 Å². The lowest BCUT2D eigenvalue weighted by atomic mass is 10.0. The lowest BCUT2D eigenvalue weighted by Crippen LogP contribution is -2.29. The van der Waals surface area contributed by atoms with Crippen molar-refractivity contribution in [3.8, 4) is 0 Å². The molecule has 1 nitrogen and oxygen atoms in total. The quantitative estimate of drug-likeness (QED) is 0.842. The van der Waals surface area contributed by atoms with Crippen molar-refractivity contribution >= 4 is 11.3 Å². The van der Waals surface area contributed by atoms with Gasteiger partial charge in [-0.1, -0.05) is 49.7 Å². The number of thiophene rings is 1. The van der Waals surface area contributed by atoms with Gasteiger partial charge in [0, 0.05) is 17.0 Å². The maximum absolute atomic E-state index is 3.66. The summed E-state index contributed by atoms with van der Waals surface area (Å²) in [5.74, 6) is 0. The van der Waals surface area contributed by atoms with Crippen molar-refractivity contribution in [1.82, 2.24) is 5.32 Å². The number of nitrogens with one attached hydrogen (secondary N) is 1. The average Bonchev–Trinajstić information content (AvgIpc) is 2.80. The van der Waals surface area contributed by atoms with Gasteiger partial charge in [-0.15, -0.1) is 11.3 Å². The third kappa shape index (κ3) is 3.69. The van der Waals surface area contributed by atoms with Crippen LogP contribution in [0.2, 0.25) is 0 Å². The van der Waals surface area contributed by atoms with Crippen LogP contribution >= 0.6 is 11.3 Å². The van der Waals surface area contributed by atoms with E-state index in [0.29, 0.717) is 12.1 Å². The molecule has 96 valence electrons. The highest BCUT2D eigenvalue weighted by molar-refractivity contribution is 7.10. The zero-order valence-corrected chi connectivity index (χ0v) is 12.1. The monoisotopic (exact) mass is 259 g/mol. The van der Waals surface area contributed by atoms with E-state index < -0.39 is 0 Å². The Kier molecular flexibility index (Phi) is 4.56. The van der Waals surface area contributed by atoms with Gasteiger partial charge in [0.1, 0.15) is 0 Å². The van der Waals surface area contributed by atoms with E-state index in [1.807, 2.05) is 11.3 Å². The molecule has 18 heavy (non-hydrogen) atoms. The molecule has 1 unspecified atom stereocenters. The van der Waals surface area contributed by atoms with Crippen LogP contribution in [0.3, 0.4) is 0 Å². The smallest absolute Gasteiger partial charge is 0.0457 e. The molecule has 1 aromatic heterocycles. The second-order valence-electron chi connectivity index (χ2n) is 5.08. The van der Waals surface area contributed by atoms with Crippen molar-refractivity contribution in [3.05, 3.63) is 57.8 Å². The summed E-state index contributed by atoms with van der Waals surface area (Å²) in [5, 5.41) is 5.81. The van der Waals surface area contributed by atoms with Crippen LogP contribution in [0, 0.1) is 6.92 Å². The molecule has 0 aliphatic heterocycles. The van der Waals surface area contributed by atoms with Gasteiger partial charge in [0.15, 0.2) is 0 Å². The lowest BCUT2D eigenvalue weighted by molar-refractivity contribution is 0.480. The van der Waals surface area contributed by atoms with Crippen molar-refractivity contribution in [2.75, 3.05) is 0 Å². The summed E-state index contributed by atoms with van der Waals surface area (Å²) in [6, 6.07) is 14.1. The van der Waals surface area contributed by atoms with Crippen LogP contribution in [0.15, 0.2) is 41.8 Å². The third-order valence-electron chi connectivity index (χ3n) is 2.94. The first-order valence-electron chi connectivity index (χ1n) is 6.50. The van der Waals surface area contributed by atoms with Crippen LogP contribution in [0.5, 0.6) is 0 Å². The SMILES string of the molecule is Cc1cccc(CC(NC(C)C)c2cccs2)c1. The molecule has 2 aromatic rings. The van der Waals surface area contributed by atoms with Crippen molar-refractivity contribution in [3.63, 3.8) is 0 Å². The van der Waals surface area contributed by atoms with Crippen LogP contribution in [-0.4, -0.2) is 6.04 Å². The fourth-order valence-corrected chi connectivity index (χ4v) is 3.00. The molecular formula is C16H21NS. The molecule has 0 amide bonds. The fraction of sp³-hybridized carbons (Fsp3) is 0.375. The minimum Gasteiger partial charge on any atom is -0.307 e. The summed E-state index contributed by atoms with van der Waals surface area (Å²) in [4.78, 5) is 1.42. The first-order valence-corrected chi connectivity index (χ1v) is 7.38. The van der Waals surface area contributed by atoms with Gasteiger partial charge in [-0.3, -0.25) is 0 Å². The number of hydrogen-bond acceptors (Lipinski definition) is 2. The Morgan fingerprint density at radius 2 is 2.00 bits per heavy atom. The number of rotatable bonds is 5. The third-order valence-corrected chi connectivity index (χ3v) is 3.93. The summed E-state index contributed by atoms with van der Waals surface area (Å²) in [5.41, 5.74) is 2.74. The van der Waals surface area contributed by atoms with Crippen LogP contribution in [0.4, 0.5) is 0 Å². The van der Waals surface area contributed by atoms with Crippen LogP contribution in [-0.2, 0) is 6.42 Å². The number of aryl methyl sites for hydroxylation is 1. The predicted molar refractivity (Wildman–Crippen MR) is 80.2 cm³/mol. The van der Waals surface area contributed by atoms with E-state index in [4.69, 9.17) is 0 Å². The van der Waals surface area contributed by atoms with Gasteiger partial charge in [0.25, 0.3) is 0 Å². The maximum Gasteiger partial charge on any atom is 0.0457 e. The second kappa shape index (κ2) is 6.17. The molecule has 0 bridgehead atoms. The molecule has 1 aromatic carbocycles. The highest BCUT2D eigenvalue weighted by Crippen LogP contribution is 2.23. The van der Waals surface area contributed by atoms with Crippen LogP contribution in [0.1, 0.15) is 35.9 Å². The van der Waals surface area contributed by atoms with Crippen LogP contribution < -0.4 is 5.32 Å². The van der Waals surface area contributed by atoms with E-state index in [1.54, 1.807) is 0 Å². The minimum absolute atomic E-state index is 0.423. The van der Waals surface area contributed by atoms with E-state index in [0.717, 1.165) is 6.42 Å². The normalized spacial score (nSPS) is 12.9. The largest absolute Gasteiger partial charge is 0.307 e. The Hall–Kier alpha value is -1.12. The Balaban J connectivity index is 2.15. The molecule has 0 radical (unpaired) electrons. The van der Waals surface area contributed by atoms with E-state index in [-0.39, 0.29) is 0 Å². The highest BCUT2D eigenvalue weighted by Gasteiger charge is 2.14. The maximum atomic E-state index is 3.66. The summed E-state index contributed by atoms with van der Waals surface area (Å²) < 4.78 is 0. The molecular weight excluding hydrogens is 238 g/mol. The molecule has 0 saturated carbocycles. The molecule has 0 spiro atoms. The minimum atomic E-state index is 0.423. The average molecular weight is 259 g/mol. The molecule has 0 aliphatic carbocycles. The number of benzene rings is 1. The van der Waals surface area contributed by atoms with Gasteiger partial charge in [0.2, 0.25) is 0 Å². The van der Waals surface area contributed by atoms with E-state index in [1.165, 1.54) is 16.0 Å². The van der Waals surface area contributed by atoms with Gasteiger partial charge in [0.05, 0.1) is 0 Å². The number of hydrogen-bond donors (Lipinski definition) is 1. The van der Waals surface area contributed by atoms with E-state index in [9.17, 15) is 0 Å². The first kappa shape index (κ1) is 13.3. The summed E-state index contributed by atoms with van der Waals surface area (Å²) >= 11 is 1.83. The van der Waals surface area contributed by atoms with Gasteiger partial charge < -0.3 is 5.32 Å². The van der Waals surface area contributed by atoms with E-state index in [2.05, 4.69) is 67.9 Å². The van der Waals surface area contributed by atoms with Gasteiger partial charge >= 0.3 is 0 Å². The van der Waals surface area contributed by atoms with Crippen molar-refractivity contribution < 1.29 is 0 Å². The fourth-order valence-electron chi connectivity index (χ4n) is 2.21. The van der Waals surface area contributed by atoms with Crippen molar-refractivity contribution in [2.45, 2.75) is 39.3 Å².